The van der Waals surface area contributed by atoms with Crippen LogP contribution in [0.15, 0.2) is 48.7 Å². The average Bonchev–Trinajstić information content (AvgIpc) is 2.97. The van der Waals surface area contributed by atoms with E-state index in [1.807, 2.05) is 49.5 Å². The van der Waals surface area contributed by atoms with Crippen LogP contribution >= 0.6 is 0 Å². The van der Waals surface area contributed by atoms with Crippen molar-refractivity contribution in [1.82, 2.24) is 9.88 Å². The SMILES string of the molecule is CN(CCc1ccccn1)C(=O)C1Cc2ccccc2O1. The predicted molar refractivity (Wildman–Crippen MR) is 80.1 cm³/mol. The van der Waals surface area contributed by atoms with Gasteiger partial charge in [-0.2, -0.15) is 0 Å². The van der Waals surface area contributed by atoms with Gasteiger partial charge in [-0.3, -0.25) is 9.78 Å². The maximum absolute atomic E-state index is 12.4. The van der Waals surface area contributed by atoms with Crippen molar-refractivity contribution in [3.8, 4) is 5.75 Å². The molecule has 0 radical (unpaired) electrons. The van der Waals surface area contributed by atoms with Crippen LogP contribution in [0.3, 0.4) is 0 Å². The van der Waals surface area contributed by atoms with Gasteiger partial charge in [-0.15, -0.1) is 0 Å². The van der Waals surface area contributed by atoms with E-state index in [4.69, 9.17) is 4.74 Å². The van der Waals surface area contributed by atoms with Crippen LogP contribution < -0.4 is 4.74 Å². The summed E-state index contributed by atoms with van der Waals surface area (Å²) < 4.78 is 5.74. The standard InChI is InChI=1S/C17H18N2O2/c1-19(11-9-14-7-4-5-10-18-14)17(20)16-12-13-6-2-3-8-15(13)21-16/h2-8,10,16H,9,11-12H2,1H3. The minimum atomic E-state index is -0.392. The number of carbonyl (C=O) groups excluding carboxylic acids is 1. The Bertz CT molecular complexity index is 603. The van der Waals surface area contributed by atoms with Crippen LogP contribution in [0, 0.1) is 0 Å². The molecule has 1 aliphatic heterocycles. The molecule has 0 N–H and O–H groups in total. The molecule has 1 amide bonds. The molecule has 0 saturated carbocycles. The maximum Gasteiger partial charge on any atom is 0.263 e. The summed E-state index contributed by atoms with van der Waals surface area (Å²) >= 11 is 0. The lowest BCUT2D eigenvalue weighted by Crippen LogP contribution is -2.40. The van der Waals surface area contributed by atoms with Gasteiger partial charge in [-0.25, -0.2) is 0 Å². The summed E-state index contributed by atoms with van der Waals surface area (Å²) in [6.07, 6.45) is 2.79. The largest absolute Gasteiger partial charge is 0.480 e. The molecular formula is C17H18N2O2. The fraction of sp³-hybridized carbons (Fsp3) is 0.294. The molecule has 0 bridgehead atoms. The van der Waals surface area contributed by atoms with E-state index in [0.29, 0.717) is 13.0 Å². The van der Waals surface area contributed by atoms with Crippen molar-refractivity contribution in [1.29, 1.82) is 0 Å². The second-order valence-corrected chi connectivity index (χ2v) is 5.25. The fourth-order valence-electron chi connectivity index (χ4n) is 2.50. The number of likely N-dealkylation sites (N-methyl/N-ethyl adjacent to an activating group) is 1. The van der Waals surface area contributed by atoms with E-state index in [1.54, 1.807) is 11.1 Å². The summed E-state index contributed by atoms with van der Waals surface area (Å²) in [5.74, 6) is 0.858. The lowest BCUT2D eigenvalue weighted by molar-refractivity contribution is -0.136. The molecule has 21 heavy (non-hydrogen) atoms. The zero-order chi connectivity index (χ0) is 14.7. The first kappa shape index (κ1) is 13.6. The number of fused-ring (bicyclic) bond motifs is 1. The number of hydrogen-bond acceptors (Lipinski definition) is 3. The smallest absolute Gasteiger partial charge is 0.263 e. The minimum Gasteiger partial charge on any atom is -0.480 e. The normalized spacial score (nSPS) is 16.1. The molecule has 108 valence electrons. The Morgan fingerprint density at radius 3 is 2.86 bits per heavy atom. The van der Waals surface area contributed by atoms with Gasteiger partial charge >= 0.3 is 0 Å². The molecule has 2 aromatic rings. The van der Waals surface area contributed by atoms with Crippen LogP contribution in [0.2, 0.25) is 0 Å². The molecule has 3 rings (SSSR count). The van der Waals surface area contributed by atoms with Crippen molar-refractivity contribution in [2.24, 2.45) is 0 Å². The lowest BCUT2D eigenvalue weighted by Gasteiger charge is -2.20. The quantitative estimate of drug-likeness (QED) is 0.862. The number of pyridine rings is 1. The fourth-order valence-corrected chi connectivity index (χ4v) is 2.50. The summed E-state index contributed by atoms with van der Waals surface area (Å²) in [6.45, 7) is 0.645. The van der Waals surface area contributed by atoms with E-state index < -0.39 is 6.10 Å². The number of carbonyl (C=O) groups is 1. The monoisotopic (exact) mass is 282 g/mol. The van der Waals surface area contributed by atoms with Gasteiger partial charge in [0.2, 0.25) is 0 Å². The molecule has 1 aliphatic rings. The number of benzene rings is 1. The second-order valence-electron chi connectivity index (χ2n) is 5.25. The Balaban J connectivity index is 1.56. The van der Waals surface area contributed by atoms with Crippen LogP contribution in [-0.2, 0) is 17.6 Å². The van der Waals surface area contributed by atoms with Gasteiger partial charge in [0.1, 0.15) is 5.75 Å². The number of para-hydroxylation sites is 1. The molecule has 1 aromatic heterocycles. The van der Waals surface area contributed by atoms with Crippen molar-refractivity contribution in [3.05, 3.63) is 59.9 Å². The van der Waals surface area contributed by atoms with Gasteiger partial charge < -0.3 is 9.64 Å². The second kappa shape index (κ2) is 5.95. The molecule has 1 aromatic carbocycles. The Morgan fingerprint density at radius 1 is 1.29 bits per heavy atom. The Kier molecular flexibility index (Phi) is 3.86. The van der Waals surface area contributed by atoms with Crippen molar-refractivity contribution in [2.75, 3.05) is 13.6 Å². The number of aromatic nitrogens is 1. The van der Waals surface area contributed by atoms with Gasteiger partial charge in [0.25, 0.3) is 5.91 Å². The van der Waals surface area contributed by atoms with Crippen LogP contribution in [-0.4, -0.2) is 35.5 Å². The molecule has 0 saturated heterocycles. The molecule has 0 aliphatic carbocycles. The third kappa shape index (κ3) is 3.05. The van der Waals surface area contributed by atoms with Crippen LogP contribution in [0.25, 0.3) is 0 Å². The molecule has 0 spiro atoms. The zero-order valence-electron chi connectivity index (χ0n) is 12.0. The maximum atomic E-state index is 12.4. The molecular weight excluding hydrogens is 264 g/mol. The van der Waals surface area contributed by atoms with Gasteiger partial charge in [0.05, 0.1) is 0 Å². The third-order valence-electron chi connectivity index (χ3n) is 3.73. The number of amides is 1. The summed E-state index contributed by atoms with van der Waals surface area (Å²) in [6, 6.07) is 13.6. The first-order valence-electron chi connectivity index (χ1n) is 7.13. The molecule has 1 unspecified atom stereocenters. The third-order valence-corrected chi connectivity index (χ3v) is 3.73. The zero-order valence-corrected chi connectivity index (χ0v) is 12.0. The van der Waals surface area contributed by atoms with E-state index in [2.05, 4.69) is 4.98 Å². The highest BCUT2D eigenvalue weighted by Crippen LogP contribution is 2.28. The topological polar surface area (TPSA) is 42.4 Å². The first-order valence-corrected chi connectivity index (χ1v) is 7.13. The van der Waals surface area contributed by atoms with Crippen molar-refractivity contribution in [2.45, 2.75) is 18.9 Å². The number of hydrogen-bond donors (Lipinski definition) is 0. The number of rotatable bonds is 4. The van der Waals surface area contributed by atoms with Gasteiger partial charge in [0, 0.05) is 38.3 Å². The van der Waals surface area contributed by atoms with Crippen LogP contribution in [0.1, 0.15) is 11.3 Å². The van der Waals surface area contributed by atoms with Crippen molar-refractivity contribution >= 4 is 5.91 Å². The molecule has 1 atom stereocenters. The Hall–Kier alpha value is -2.36. The van der Waals surface area contributed by atoms with Gasteiger partial charge in [0.15, 0.2) is 6.10 Å². The molecule has 4 nitrogen and oxygen atoms in total. The Labute approximate surface area is 124 Å². The van der Waals surface area contributed by atoms with Crippen molar-refractivity contribution < 1.29 is 9.53 Å². The highest BCUT2D eigenvalue weighted by Gasteiger charge is 2.30. The number of ether oxygens (including phenoxy) is 1. The van der Waals surface area contributed by atoms with Gasteiger partial charge in [-0.1, -0.05) is 24.3 Å². The van der Waals surface area contributed by atoms with E-state index in [0.717, 1.165) is 23.4 Å². The van der Waals surface area contributed by atoms with E-state index >= 15 is 0 Å². The average molecular weight is 282 g/mol. The summed E-state index contributed by atoms with van der Waals surface area (Å²) in [7, 11) is 1.82. The van der Waals surface area contributed by atoms with Crippen molar-refractivity contribution in [3.63, 3.8) is 0 Å². The Morgan fingerprint density at radius 2 is 2.10 bits per heavy atom. The summed E-state index contributed by atoms with van der Waals surface area (Å²) in [5, 5.41) is 0. The molecule has 4 heteroatoms. The highest BCUT2D eigenvalue weighted by atomic mass is 16.5. The predicted octanol–water partition coefficient (Wildman–Crippen LogP) is 2.09. The van der Waals surface area contributed by atoms with Crippen LogP contribution in [0.4, 0.5) is 0 Å². The molecule has 2 heterocycles. The van der Waals surface area contributed by atoms with Crippen LogP contribution in [0.5, 0.6) is 5.75 Å². The van der Waals surface area contributed by atoms with E-state index in [9.17, 15) is 4.79 Å². The highest BCUT2D eigenvalue weighted by molar-refractivity contribution is 5.82. The summed E-state index contributed by atoms with van der Waals surface area (Å²) in [4.78, 5) is 18.4. The van der Waals surface area contributed by atoms with E-state index in [1.165, 1.54) is 0 Å². The first-order chi connectivity index (χ1) is 10.2. The minimum absolute atomic E-state index is 0.0298. The van der Waals surface area contributed by atoms with Gasteiger partial charge in [-0.05, 0) is 23.8 Å². The lowest BCUT2D eigenvalue weighted by atomic mass is 10.1. The number of nitrogens with zero attached hydrogens (tertiary/aromatic N) is 2. The van der Waals surface area contributed by atoms with E-state index in [-0.39, 0.29) is 5.91 Å². The summed E-state index contributed by atoms with van der Waals surface area (Å²) in [5.41, 5.74) is 2.10. The molecule has 0 fully saturated rings.